The van der Waals surface area contributed by atoms with E-state index in [2.05, 4.69) is 5.32 Å². The highest BCUT2D eigenvalue weighted by Crippen LogP contribution is 2.28. The van der Waals surface area contributed by atoms with Crippen molar-refractivity contribution in [3.63, 3.8) is 0 Å². The molecule has 0 fully saturated rings. The predicted octanol–water partition coefficient (Wildman–Crippen LogP) is 3.56. The van der Waals surface area contributed by atoms with Gasteiger partial charge in [-0.2, -0.15) is 0 Å². The zero-order chi connectivity index (χ0) is 18.0. The lowest BCUT2D eigenvalue weighted by Crippen LogP contribution is -2.15. The number of nitrogens with one attached hydrogen (secondary N) is 1. The molecule has 3 aromatic rings. The van der Waals surface area contributed by atoms with Crippen LogP contribution in [0.5, 0.6) is 0 Å². The molecular weight excluding hydrogens is 339 g/mol. The largest absolute Gasteiger partial charge is 0.316 e. The van der Waals surface area contributed by atoms with E-state index in [0.29, 0.717) is 17.8 Å². The predicted molar refractivity (Wildman–Crippen MR) is 96.4 cm³/mol. The van der Waals surface area contributed by atoms with E-state index >= 15 is 0 Å². The minimum Gasteiger partial charge on any atom is -0.316 e. The molecule has 3 rings (SSSR count). The molecule has 6 heteroatoms. The Labute approximate surface area is 147 Å². The number of hydrogen-bond acceptors (Lipinski definition) is 3. The lowest BCUT2D eigenvalue weighted by atomic mass is 10.1. The Hall–Kier alpha value is -2.44. The van der Waals surface area contributed by atoms with Gasteiger partial charge in [0.2, 0.25) is 0 Å². The summed E-state index contributed by atoms with van der Waals surface area (Å²) in [5.74, 6) is -0.455. The monoisotopic (exact) mass is 358 g/mol. The Morgan fingerprint density at radius 3 is 2.44 bits per heavy atom. The molecule has 1 heterocycles. The molecule has 130 valence electrons. The van der Waals surface area contributed by atoms with Crippen molar-refractivity contribution in [1.29, 1.82) is 0 Å². The zero-order valence-corrected chi connectivity index (χ0v) is 14.8. The van der Waals surface area contributed by atoms with Crippen LogP contribution in [0.1, 0.15) is 11.1 Å². The number of aryl methyl sites for hydroxylation is 1. The Balaban J connectivity index is 2.21. The lowest BCUT2D eigenvalue weighted by molar-refractivity contribution is 0.586. The lowest BCUT2D eigenvalue weighted by Gasteiger charge is -2.12. The summed E-state index contributed by atoms with van der Waals surface area (Å²) in [5, 5.41) is 3.03. The van der Waals surface area contributed by atoms with Gasteiger partial charge in [0.15, 0.2) is 0 Å². The molecule has 1 N–H and O–H groups in total. The van der Waals surface area contributed by atoms with Gasteiger partial charge in [0.25, 0.3) is 10.0 Å². The van der Waals surface area contributed by atoms with Gasteiger partial charge in [-0.3, -0.25) is 0 Å². The molecule has 0 aliphatic heterocycles. The summed E-state index contributed by atoms with van der Waals surface area (Å²) < 4.78 is 41.0. The van der Waals surface area contributed by atoms with Crippen LogP contribution in [-0.2, 0) is 16.6 Å². The van der Waals surface area contributed by atoms with E-state index in [-0.39, 0.29) is 4.90 Å². The van der Waals surface area contributed by atoms with Crippen LogP contribution in [0.2, 0.25) is 0 Å². The van der Waals surface area contributed by atoms with Gasteiger partial charge in [0.1, 0.15) is 5.82 Å². The van der Waals surface area contributed by atoms with Gasteiger partial charge in [-0.15, -0.1) is 0 Å². The van der Waals surface area contributed by atoms with E-state index in [4.69, 9.17) is 0 Å². The second kappa shape index (κ2) is 6.82. The van der Waals surface area contributed by atoms with Crippen molar-refractivity contribution >= 4 is 10.0 Å². The molecule has 1 aromatic heterocycles. The Kier molecular flexibility index (Phi) is 4.74. The van der Waals surface area contributed by atoms with Crippen LogP contribution in [0, 0.1) is 12.7 Å². The topological polar surface area (TPSA) is 51.1 Å². The maximum Gasteiger partial charge on any atom is 0.268 e. The van der Waals surface area contributed by atoms with Crippen LogP contribution in [-0.4, -0.2) is 19.4 Å². The molecule has 0 saturated heterocycles. The minimum absolute atomic E-state index is 0.0951. The first-order valence-electron chi connectivity index (χ1n) is 7.86. The van der Waals surface area contributed by atoms with Crippen molar-refractivity contribution in [2.75, 3.05) is 7.05 Å². The third-order valence-electron chi connectivity index (χ3n) is 3.97. The number of nitrogens with zero attached hydrogens (tertiary/aromatic N) is 1. The van der Waals surface area contributed by atoms with E-state index < -0.39 is 15.8 Å². The normalized spacial score (nSPS) is 11.6. The highest BCUT2D eigenvalue weighted by Gasteiger charge is 2.23. The number of rotatable bonds is 5. The summed E-state index contributed by atoms with van der Waals surface area (Å²) in [7, 11) is -2.04. The van der Waals surface area contributed by atoms with E-state index in [1.165, 1.54) is 22.2 Å². The van der Waals surface area contributed by atoms with Gasteiger partial charge in [-0.05, 0) is 54.9 Å². The highest BCUT2D eigenvalue weighted by molar-refractivity contribution is 7.90. The summed E-state index contributed by atoms with van der Waals surface area (Å²) in [6.45, 7) is 2.14. The molecule has 0 bridgehead atoms. The number of hydrogen-bond donors (Lipinski definition) is 1. The molecule has 0 radical (unpaired) electrons. The first-order chi connectivity index (χ1) is 11.9. The minimum atomic E-state index is -3.84. The number of halogens is 1. The SMILES string of the molecule is CNCc1cc(-c2ccccc2)n(S(=O)(=O)c2ccc(F)cc2C)c1. The van der Waals surface area contributed by atoms with E-state index in [9.17, 15) is 12.8 Å². The summed E-state index contributed by atoms with van der Waals surface area (Å²) in [6.07, 6.45) is 1.61. The maximum absolute atomic E-state index is 13.4. The van der Waals surface area contributed by atoms with Crippen LogP contribution < -0.4 is 5.32 Å². The highest BCUT2D eigenvalue weighted by atomic mass is 32.2. The first kappa shape index (κ1) is 17.4. The number of aromatic nitrogens is 1. The van der Waals surface area contributed by atoms with Gasteiger partial charge in [0.05, 0.1) is 10.6 Å². The molecule has 0 atom stereocenters. The van der Waals surface area contributed by atoms with Crippen molar-refractivity contribution in [3.8, 4) is 11.3 Å². The Morgan fingerprint density at radius 2 is 1.80 bits per heavy atom. The van der Waals surface area contributed by atoms with Crippen LogP contribution in [0.25, 0.3) is 11.3 Å². The summed E-state index contributed by atoms with van der Waals surface area (Å²) in [4.78, 5) is 0.0951. The van der Waals surface area contributed by atoms with Gasteiger partial charge in [-0.25, -0.2) is 16.8 Å². The molecule has 0 amide bonds. The fourth-order valence-electron chi connectivity index (χ4n) is 2.82. The third kappa shape index (κ3) is 3.36. The molecule has 0 spiro atoms. The van der Waals surface area contributed by atoms with Crippen molar-refractivity contribution in [3.05, 3.63) is 77.7 Å². The van der Waals surface area contributed by atoms with Gasteiger partial charge < -0.3 is 5.32 Å². The molecule has 0 aliphatic carbocycles. The average molecular weight is 358 g/mol. The average Bonchev–Trinajstić information content (AvgIpc) is 3.00. The van der Waals surface area contributed by atoms with Crippen molar-refractivity contribution < 1.29 is 12.8 Å². The Morgan fingerprint density at radius 1 is 1.08 bits per heavy atom. The molecule has 2 aromatic carbocycles. The van der Waals surface area contributed by atoms with Crippen LogP contribution >= 0.6 is 0 Å². The molecular formula is C19H19FN2O2S. The standard InChI is InChI=1S/C19H19FN2O2S/c1-14-10-17(20)8-9-19(14)25(23,24)22-13-15(12-21-2)11-18(22)16-6-4-3-5-7-16/h3-11,13,21H,12H2,1-2H3. The molecule has 4 nitrogen and oxygen atoms in total. The van der Waals surface area contributed by atoms with Crippen LogP contribution in [0.3, 0.4) is 0 Å². The van der Waals surface area contributed by atoms with Gasteiger partial charge >= 0.3 is 0 Å². The molecule has 0 saturated carbocycles. The van der Waals surface area contributed by atoms with E-state index in [0.717, 1.165) is 11.1 Å². The van der Waals surface area contributed by atoms with Crippen LogP contribution in [0.4, 0.5) is 4.39 Å². The number of benzene rings is 2. The van der Waals surface area contributed by atoms with Crippen molar-refractivity contribution in [1.82, 2.24) is 9.29 Å². The van der Waals surface area contributed by atoms with Crippen molar-refractivity contribution in [2.24, 2.45) is 0 Å². The second-order valence-corrected chi connectivity index (χ2v) is 7.62. The second-order valence-electron chi connectivity index (χ2n) is 5.84. The maximum atomic E-state index is 13.4. The zero-order valence-electron chi connectivity index (χ0n) is 14.0. The fraction of sp³-hybridized carbons (Fsp3) is 0.158. The van der Waals surface area contributed by atoms with Gasteiger partial charge in [-0.1, -0.05) is 30.3 Å². The summed E-state index contributed by atoms with van der Waals surface area (Å²) in [6, 6.07) is 14.9. The van der Waals surface area contributed by atoms with E-state index in [1.807, 2.05) is 36.4 Å². The molecule has 0 aliphatic rings. The fourth-order valence-corrected chi connectivity index (χ4v) is 4.43. The van der Waals surface area contributed by atoms with Crippen molar-refractivity contribution in [2.45, 2.75) is 18.4 Å². The van der Waals surface area contributed by atoms with Gasteiger partial charge in [0, 0.05) is 12.7 Å². The van der Waals surface area contributed by atoms with Crippen LogP contribution in [0.15, 0.2) is 65.7 Å². The van der Waals surface area contributed by atoms with E-state index in [1.54, 1.807) is 20.2 Å². The molecule has 25 heavy (non-hydrogen) atoms. The third-order valence-corrected chi connectivity index (χ3v) is 5.80. The Bertz CT molecular complexity index is 996. The smallest absolute Gasteiger partial charge is 0.268 e. The quantitative estimate of drug-likeness (QED) is 0.759. The summed E-state index contributed by atoms with van der Waals surface area (Å²) in [5.41, 5.74) is 2.61. The summed E-state index contributed by atoms with van der Waals surface area (Å²) >= 11 is 0. The molecule has 0 unspecified atom stereocenters. The first-order valence-corrected chi connectivity index (χ1v) is 9.30.